The number of amides is 1. The highest BCUT2D eigenvalue weighted by Gasteiger charge is 2.17. The number of piperidine rings is 1. The van der Waals surface area contributed by atoms with Crippen molar-refractivity contribution in [2.24, 2.45) is 11.7 Å². The molecule has 3 N–H and O–H groups in total. The first-order chi connectivity index (χ1) is 9.08. The number of carbonyl (C=O) groups is 1. The van der Waals surface area contributed by atoms with Crippen LogP contribution in [-0.4, -0.2) is 56.2 Å². The maximum atomic E-state index is 11.7. The molecule has 0 aromatic carbocycles. The molecule has 5 nitrogen and oxygen atoms in total. The summed E-state index contributed by atoms with van der Waals surface area (Å²) in [5.41, 5.74) is 5.83. The summed E-state index contributed by atoms with van der Waals surface area (Å²) < 4.78 is 5.46. The van der Waals surface area contributed by atoms with Gasteiger partial charge in [0.05, 0.1) is 6.54 Å². The number of ether oxygens (including phenoxy) is 1. The van der Waals surface area contributed by atoms with Gasteiger partial charge in [0, 0.05) is 38.9 Å². The van der Waals surface area contributed by atoms with Gasteiger partial charge >= 0.3 is 0 Å². The highest BCUT2D eigenvalue weighted by atomic mass is 16.5. The summed E-state index contributed by atoms with van der Waals surface area (Å²) in [6.07, 6.45) is 2.87. The van der Waals surface area contributed by atoms with E-state index in [4.69, 9.17) is 10.5 Å². The van der Waals surface area contributed by atoms with Crippen LogP contribution >= 0.6 is 0 Å². The fourth-order valence-corrected chi connectivity index (χ4v) is 2.09. The molecule has 1 saturated heterocycles. The van der Waals surface area contributed by atoms with Crippen molar-refractivity contribution in [3.05, 3.63) is 0 Å². The monoisotopic (exact) mass is 271 g/mol. The quantitative estimate of drug-likeness (QED) is 0.634. The Morgan fingerprint density at radius 3 is 2.74 bits per heavy atom. The topological polar surface area (TPSA) is 67.6 Å². The zero-order valence-electron chi connectivity index (χ0n) is 12.4. The van der Waals surface area contributed by atoms with E-state index in [1.807, 2.05) is 0 Å². The van der Waals surface area contributed by atoms with Crippen LogP contribution in [-0.2, 0) is 9.53 Å². The molecular weight excluding hydrogens is 242 g/mol. The molecule has 0 aliphatic carbocycles. The molecule has 0 radical (unpaired) electrons. The lowest BCUT2D eigenvalue weighted by Crippen LogP contribution is -2.44. The summed E-state index contributed by atoms with van der Waals surface area (Å²) in [4.78, 5) is 13.9. The Kier molecular flexibility index (Phi) is 8.02. The minimum Gasteiger partial charge on any atom is -0.381 e. The van der Waals surface area contributed by atoms with E-state index >= 15 is 0 Å². The van der Waals surface area contributed by atoms with Gasteiger partial charge in [-0.25, -0.2) is 0 Å². The first kappa shape index (κ1) is 16.4. The molecule has 5 heteroatoms. The highest BCUT2D eigenvalue weighted by Crippen LogP contribution is 2.07. The molecule has 0 bridgehead atoms. The van der Waals surface area contributed by atoms with Crippen molar-refractivity contribution < 1.29 is 9.53 Å². The third-order valence-electron chi connectivity index (χ3n) is 3.24. The van der Waals surface area contributed by atoms with E-state index in [9.17, 15) is 4.79 Å². The average molecular weight is 271 g/mol. The Hall–Kier alpha value is -0.650. The van der Waals surface area contributed by atoms with Gasteiger partial charge in [-0.1, -0.05) is 13.8 Å². The van der Waals surface area contributed by atoms with E-state index in [1.165, 1.54) is 0 Å². The molecule has 19 heavy (non-hydrogen) atoms. The lowest BCUT2D eigenvalue weighted by Gasteiger charge is -2.29. The van der Waals surface area contributed by atoms with Crippen LogP contribution in [0.1, 0.15) is 33.1 Å². The minimum atomic E-state index is 0.110. The molecule has 1 aliphatic heterocycles. The van der Waals surface area contributed by atoms with Gasteiger partial charge in [-0.15, -0.1) is 0 Å². The molecule has 1 rings (SSSR count). The normalized spacial score (nSPS) is 17.9. The molecule has 0 saturated carbocycles. The fraction of sp³-hybridized carbons (Fsp3) is 0.929. The lowest BCUT2D eigenvalue weighted by molar-refractivity contribution is -0.122. The van der Waals surface area contributed by atoms with Gasteiger partial charge in [0.1, 0.15) is 0 Å². The number of carbonyl (C=O) groups excluding carboxylic acids is 1. The first-order valence-electron chi connectivity index (χ1n) is 7.40. The van der Waals surface area contributed by atoms with Crippen molar-refractivity contribution in [2.75, 3.05) is 39.4 Å². The number of likely N-dealkylation sites (tertiary alicyclic amines) is 1. The smallest absolute Gasteiger partial charge is 0.234 e. The van der Waals surface area contributed by atoms with Gasteiger partial charge in [0.25, 0.3) is 0 Å². The Labute approximate surface area is 116 Å². The molecule has 0 aromatic rings. The largest absolute Gasteiger partial charge is 0.381 e. The number of nitrogens with zero attached hydrogens (tertiary/aromatic N) is 1. The highest BCUT2D eigenvalue weighted by molar-refractivity contribution is 5.77. The number of hydrogen-bond donors (Lipinski definition) is 2. The van der Waals surface area contributed by atoms with Crippen LogP contribution in [0.3, 0.4) is 0 Å². The van der Waals surface area contributed by atoms with Crippen LogP contribution in [0.2, 0.25) is 0 Å². The molecule has 0 atom stereocenters. The molecule has 0 aromatic heterocycles. The van der Waals surface area contributed by atoms with Crippen molar-refractivity contribution in [3.63, 3.8) is 0 Å². The summed E-state index contributed by atoms with van der Waals surface area (Å²) >= 11 is 0. The molecule has 1 heterocycles. The maximum Gasteiger partial charge on any atom is 0.234 e. The summed E-state index contributed by atoms with van der Waals surface area (Å²) in [6.45, 7) is 8.85. The maximum absolute atomic E-state index is 11.7. The summed E-state index contributed by atoms with van der Waals surface area (Å²) in [5, 5.41) is 2.94. The van der Waals surface area contributed by atoms with Crippen LogP contribution < -0.4 is 11.1 Å². The number of hydrogen-bond acceptors (Lipinski definition) is 4. The average Bonchev–Trinajstić information content (AvgIpc) is 2.36. The van der Waals surface area contributed by atoms with E-state index < -0.39 is 0 Å². The Bertz CT molecular complexity index is 251. The van der Waals surface area contributed by atoms with E-state index in [-0.39, 0.29) is 5.91 Å². The van der Waals surface area contributed by atoms with E-state index in [0.29, 0.717) is 25.0 Å². The van der Waals surface area contributed by atoms with Crippen molar-refractivity contribution >= 4 is 5.91 Å². The van der Waals surface area contributed by atoms with E-state index in [0.717, 1.165) is 45.6 Å². The predicted octanol–water partition coefficient (Wildman–Crippen LogP) is 0.588. The zero-order valence-corrected chi connectivity index (χ0v) is 12.4. The van der Waals surface area contributed by atoms with Gasteiger partial charge in [-0.2, -0.15) is 0 Å². The number of rotatable bonds is 8. The number of nitrogens with two attached hydrogens (primary N) is 1. The van der Waals surface area contributed by atoms with Crippen LogP contribution in [0.15, 0.2) is 0 Å². The summed E-state index contributed by atoms with van der Waals surface area (Å²) in [6, 6.07) is 0.317. The zero-order chi connectivity index (χ0) is 14.1. The van der Waals surface area contributed by atoms with Crippen molar-refractivity contribution in [1.29, 1.82) is 0 Å². The second-order valence-corrected chi connectivity index (χ2v) is 5.79. The van der Waals surface area contributed by atoms with E-state index in [1.54, 1.807) is 0 Å². The fourth-order valence-electron chi connectivity index (χ4n) is 2.09. The summed E-state index contributed by atoms with van der Waals surface area (Å²) in [5.74, 6) is 0.680. The van der Waals surface area contributed by atoms with Gasteiger partial charge in [0.2, 0.25) is 5.91 Å². The SMILES string of the molecule is CC(C)COCCCNC(=O)CN1CCC(N)CC1. The number of nitrogens with one attached hydrogen (secondary N) is 1. The van der Waals surface area contributed by atoms with Crippen molar-refractivity contribution in [3.8, 4) is 0 Å². The third-order valence-corrected chi connectivity index (χ3v) is 3.24. The van der Waals surface area contributed by atoms with Crippen LogP contribution in [0.4, 0.5) is 0 Å². The predicted molar refractivity (Wildman–Crippen MR) is 76.9 cm³/mol. The molecule has 1 aliphatic rings. The van der Waals surface area contributed by atoms with Crippen molar-refractivity contribution in [2.45, 2.75) is 39.2 Å². The van der Waals surface area contributed by atoms with Gasteiger partial charge in [-0.3, -0.25) is 9.69 Å². The molecule has 1 fully saturated rings. The van der Waals surface area contributed by atoms with Crippen LogP contribution in [0, 0.1) is 5.92 Å². The Morgan fingerprint density at radius 1 is 1.42 bits per heavy atom. The molecule has 1 amide bonds. The van der Waals surface area contributed by atoms with Crippen molar-refractivity contribution in [1.82, 2.24) is 10.2 Å². The second-order valence-electron chi connectivity index (χ2n) is 5.79. The molecule has 112 valence electrons. The van der Waals surface area contributed by atoms with E-state index in [2.05, 4.69) is 24.1 Å². The van der Waals surface area contributed by atoms with Crippen LogP contribution in [0.5, 0.6) is 0 Å². The Balaban J connectivity index is 1.96. The second kappa shape index (κ2) is 9.28. The molecule has 0 spiro atoms. The lowest BCUT2D eigenvalue weighted by atomic mass is 10.1. The third kappa shape index (κ3) is 8.18. The minimum absolute atomic E-state index is 0.110. The van der Waals surface area contributed by atoms with Crippen LogP contribution in [0.25, 0.3) is 0 Å². The van der Waals surface area contributed by atoms with Gasteiger partial charge in [0.15, 0.2) is 0 Å². The van der Waals surface area contributed by atoms with Gasteiger partial charge < -0.3 is 15.8 Å². The Morgan fingerprint density at radius 2 is 2.11 bits per heavy atom. The standard InChI is InChI=1S/C14H29N3O2/c1-12(2)11-19-9-3-6-16-14(18)10-17-7-4-13(15)5-8-17/h12-13H,3-11,15H2,1-2H3,(H,16,18). The first-order valence-corrected chi connectivity index (χ1v) is 7.40. The summed E-state index contributed by atoms with van der Waals surface area (Å²) in [7, 11) is 0. The van der Waals surface area contributed by atoms with Gasteiger partial charge in [-0.05, 0) is 25.2 Å². The molecule has 0 unspecified atom stereocenters. The molecular formula is C14H29N3O2.